The van der Waals surface area contributed by atoms with Crippen molar-refractivity contribution in [2.45, 2.75) is 20.0 Å². The number of methoxy groups -OCH3 is 1. The number of rotatable bonds is 7. The summed E-state index contributed by atoms with van der Waals surface area (Å²) in [5, 5.41) is 3.26. The van der Waals surface area contributed by atoms with E-state index in [0.717, 1.165) is 35.8 Å². The molecular weight excluding hydrogens is 252 g/mol. The topological polar surface area (TPSA) is 43.4 Å². The van der Waals surface area contributed by atoms with Crippen molar-refractivity contribution < 1.29 is 9.47 Å². The number of aromatic nitrogens is 1. The van der Waals surface area contributed by atoms with Crippen LogP contribution in [0.1, 0.15) is 18.9 Å². The van der Waals surface area contributed by atoms with Crippen LogP contribution in [0, 0.1) is 0 Å². The lowest BCUT2D eigenvalue weighted by Crippen LogP contribution is -2.03. The third-order valence-corrected chi connectivity index (χ3v) is 2.83. The number of nitrogens with zero attached hydrogens (tertiary/aromatic N) is 1. The molecule has 4 nitrogen and oxygen atoms in total. The van der Waals surface area contributed by atoms with Crippen LogP contribution in [0.3, 0.4) is 0 Å². The Morgan fingerprint density at radius 3 is 2.80 bits per heavy atom. The first-order chi connectivity index (χ1) is 9.81. The Balaban J connectivity index is 1.95. The molecule has 2 aromatic rings. The average molecular weight is 272 g/mol. The number of nitrogens with one attached hydrogen (secondary N) is 1. The van der Waals surface area contributed by atoms with Gasteiger partial charge in [0.25, 0.3) is 0 Å². The Morgan fingerprint density at radius 1 is 1.15 bits per heavy atom. The van der Waals surface area contributed by atoms with E-state index in [-0.39, 0.29) is 0 Å². The molecule has 106 valence electrons. The molecule has 0 aliphatic carbocycles. The van der Waals surface area contributed by atoms with E-state index in [1.54, 1.807) is 13.3 Å². The van der Waals surface area contributed by atoms with Crippen molar-refractivity contribution in [1.82, 2.24) is 4.98 Å². The molecule has 0 saturated heterocycles. The average Bonchev–Trinajstić information content (AvgIpc) is 2.51. The molecule has 1 aromatic carbocycles. The van der Waals surface area contributed by atoms with E-state index < -0.39 is 0 Å². The molecule has 1 aromatic heterocycles. The third kappa shape index (κ3) is 4.16. The number of anilines is 1. The van der Waals surface area contributed by atoms with Gasteiger partial charge in [0.15, 0.2) is 0 Å². The van der Waals surface area contributed by atoms with Crippen molar-refractivity contribution in [3.63, 3.8) is 0 Å². The van der Waals surface area contributed by atoms with Crippen molar-refractivity contribution in [3.05, 3.63) is 48.2 Å². The summed E-state index contributed by atoms with van der Waals surface area (Å²) in [5.41, 5.74) is 1.08. The first kappa shape index (κ1) is 14.2. The van der Waals surface area contributed by atoms with E-state index in [1.807, 2.05) is 36.4 Å². The van der Waals surface area contributed by atoms with Crippen LogP contribution in [0.2, 0.25) is 0 Å². The molecule has 0 spiro atoms. The lowest BCUT2D eigenvalue weighted by molar-refractivity contribution is 0.303. The zero-order valence-corrected chi connectivity index (χ0v) is 11.9. The summed E-state index contributed by atoms with van der Waals surface area (Å²) in [5.74, 6) is 2.48. The summed E-state index contributed by atoms with van der Waals surface area (Å²) in [7, 11) is 1.65. The van der Waals surface area contributed by atoms with Gasteiger partial charge in [-0.05, 0) is 36.2 Å². The van der Waals surface area contributed by atoms with Crippen LogP contribution in [0.4, 0.5) is 5.82 Å². The van der Waals surface area contributed by atoms with E-state index >= 15 is 0 Å². The quantitative estimate of drug-likeness (QED) is 0.838. The normalized spacial score (nSPS) is 10.1. The van der Waals surface area contributed by atoms with Crippen LogP contribution in [-0.4, -0.2) is 18.6 Å². The van der Waals surface area contributed by atoms with E-state index in [9.17, 15) is 0 Å². The molecule has 20 heavy (non-hydrogen) atoms. The van der Waals surface area contributed by atoms with Gasteiger partial charge in [-0.15, -0.1) is 0 Å². The first-order valence-electron chi connectivity index (χ1n) is 6.77. The Labute approximate surface area is 119 Å². The van der Waals surface area contributed by atoms with Crippen LogP contribution in [-0.2, 0) is 6.61 Å². The van der Waals surface area contributed by atoms with Gasteiger partial charge in [-0.2, -0.15) is 0 Å². The predicted octanol–water partition coefficient (Wildman–Crippen LogP) is 3.49. The maximum Gasteiger partial charge on any atom is 0.126 e. The predicted molar refractivity (Wildman–Crippen MR) is 80.3 cm³/mol. The Bertz CT molecular complexity index is 544. The van der Waals surface area contributed by atoms with Crippen LogP contribution in [0.5, 0.6) is 11.5 Å². The van der Waals surface area contributed by atoms with Crippen molar-refractivity contribution in [2.75, 3.05) is 19.0 Å². The smallest absolute Gasteiger partial charge is 0.126 e. The van der Waals surface area contributed by atoms with E-state index in [4.69, 9.17) is 9.47 Å². The molecule has 0 atom stereocenters. The number of ether oxygens (including phenoxy) is 2. The summed E-state index contributed by atoms with van der Waals surface area (Å²) in [6, 6.07) is 11.6. The lowest BCUT2D eigenvalue weighted by atomic mass is 10.2. The van der Waals surface area contributed by atoms with Gasteiger partial charge in [0.2, 0.25) is 0 Å². The highest BCUT2D eigenvalue weighted by atomic mass is 16.5. The van der Waals surface area contributed by atoms with Crippen molar-refractivity contribution in [1.29, 1.82) is 0 Å². The largest absolute Gasteiger partial charge is 0.497 e. The minimum absolute atomic E-state index is 0.510. The molecule has 1 heterocycles. The maximum atomic E-state index is 5.76. The minimum Gasteiger partial charge on any atom is -0.497 e. The van der Waals surface area contributed by atoms with Gasteiger partial charge in [0.05, 0.1) is 7.11 Å². The molecular formula is C16H20N2O2. The summed E-state index contributed by atoms with van der Waals surface area (Å²) in [4.78, 5) is 4.27. The fourth-order valence-electron chi connectivity index (χ4n) is 1.77. The molecule has 4 heteroatoms. The molecule has 0 radical (unpaired) electrons. The van der Waals surface area contributed by atoms with E-state index in [0.29, 0.717) is 6.61 Å². The highest BCUT2D eigenvalue weighted by molar-refractivity contribution is 5.38. The van der Waals surface area contributed by atoms with Crippen LogP contribution in [0.15, 0.2) is 42.6 Å². The second kappa shape index (κ2) is 7.38. The maximum absolute atomic E-state index is 5.76. The molecule has 1 N–H and O–H groups in total. The number of hydrogen-bond acceptors (Lipinski definition) is 4. The van der Waals surface area contributed by atoms with E-state index in [2.05, 4.69) is 17.2 Å². The van der Waals surface area contributed by atoms with Crippen LogP contribution < -0.4 is 14.8 Å². The number of pyridine rings is 1. The van der Waals surface area contributed by atoms with Gasteiger partial charge in [-0.1, -0.05) is 13.0 Å². The standard InChI is InChI=1S/C16H20N2O2/c1-3-8-17-16-10-13(7-9-18-16)12-20-15-6-4-5-14(11-15)19-2/h4-7,9-11H,3,8,12H2,1-2H3,(H,17,18). The Kier molecular flexibility index (Phi) is 5.24. The molecule has 0 saturated carbocycles. The SMILES string of the molecule is CCCNc1cc(COc2cccc(OC)c2)ccn1. The zero-order valence-electron chi connectivity index (χ0n) is 11.9. The number of hydrogen-bond donors (Lipinski definition) is 1. The summed E-state index contributed by atoms with van der Waals surface area (Å²) in [6.07, 6.45) is 2.87. The lowest BCUT2D eigenvalue weighted by Gasteiger charge is -2.09. The van der Waals surface area contributed by atoms with Gasteiger partial charge in [-0.25, -0.2) is 4.98 Å². The monoisotopic (exact) mass is 272 g/mol. The molecule has 0 unspecified atom stereocenters. The van der Waals surface area contributed by atoms with Gasteiger partial charge in [0.1, 0.15) is 23.9 Å². The molecule has 0 aliphatic heterocycles. The van der Waals surface area contributed by atoms with Crippen molar-refractivity contribution >= 4 is 5.82 Å². The van der Waals surface area contributed by atoms with Gasteiger partial charge >= 0.3 is 0 Å². The Morgan fingerprint density at radius 2 is 2.00 bits per heavy atom. The Hall–Kier alpha value is -2.23. The molecule has 0 aliphatic rings. The second-order valence-corrected chi connectivity index (χ2v) is 4.44. The van der Waals surface area contributed by atoms with Crippen molar-refractivity contribution in [2.24, 2.45) is 0 Å². The fraction of sp³-hybridized carbons (Fsp3) is 0.312. The molecule has 0 bridgehead atoms. The van der Waals surface area contributed by atoms with Gasteiger partial charge in [-0.3, -0.25) is 0 Å². The minimum atomic E-state index is 0.510. The molecule has 0 fully saturated rings. The summed E-state index contributed by atoms with van der Waals surface area (Å²) >= 11 is 0. The third-order valence-electron chi connectivity index (χ3n) is 2.83. The van der Waals surface area contributed by atoms with Gasteiger partial charge < -0.3 is 14.8 Å². The highest BCUT2D eigenvalue weighted by Crippen LogP contribution is 2.20. The molecule has 0 amide bonds. The van der Waals surface area contributed by atoms with E-state index in [1.165, 1.54) is 0 Å². The highest BCUT2D eigenvalue weighted by Gasteiger charge is 2.00. The summed E-state index contributed by atoms with van der Waals surface area (Å²) in [6.45, 7) is 3.56. The first-order valence-corrected chi connectivity index (χ1v) is 6.77. The summed E-state index contributed by atoms with van der Waals surface area (Å²) < 4.78 is 10.9. The van der Waals surface area contributed by atoms with Gasteiger partial charge in [0, 0.05) is 18.8 Å². The second-order valence-electron chi connectivity index (χ2n) is 4.44. The fourth-order valence-corrected chi connectivity index (χ4v) is 1.77. The van der Waals surface area contributed by atoms with Crippen LogP contribution >= 0.6 is 0 Å². The van der Waals surface area contributed by atoms with Crippen molar-refractivity contribution in [3.8, 4) is 11.5 Å². The zero-order chi connectivity index (χ0) is 14.2. The number of benzene rings is 1. The molecule has 2 rings (SSSR count). The van der Waals surface area contributed by atoms with Crippen LogP contribution in [0.25, 0.3) is 0 Å².